The SMILES string of the molecule is COc1cc(/C=N\Nc2nc(N3CCOCC3)nc(N3CCOCC3)n2)ccc1OCc1ccccc1Cl. The van der Waals surface area contributed by atoms with Crippen molar-refractivity contribution in [1.29, 1.82) is 0 Å². The molecule has 0 amide bonds. The van der Waals surface area contributed by atoms with Crippen LogP contribution in [0.25, 0.3) is 0 Å². The molecule has 0 saturated carbocycles. The minimum Gasteiger partial charge on any atom is -0.493 e. The lowest BCUT2D eigenvalue weighted by atomic mass is 10.2. The highest BCUT2D eigenvalue weighted by molar-refractivity contribution is 6.31. The van der Waals surface area contributed by atoms with Crippen LogP contribution in [0.1, 0.15) is 11.1 Å². The summed E-state index contributed by atoms with van der Waals surface area (Å²) in [5.41, 5.74) is 4.68. The number of aromatic nitrogens is 3. The van der Waals surface area contributed by atoms with Gasteiger partial charge in [0.25, 0.3) is 0 Å². The highest BCUT2D eigenvalue weighted by Crippen LogP contribution is 2.29. The van der Waals surface area contributed by atoms with Crippen LogP contribution >= 0.6 is 11.6 Å². The van der Waals surface area contributed by atoms with Crippen molar-refractivity contribution < 1.29 is 18.9 Å². The third kappa shape index (κ3) is 6.60. The van der Waals surface area contributed by atoms with Gasteiger partial charge in [0.1, 0.15) is 6.61 Å². The van der Waals surface area contributed by atoms with E-state index in [1.165, 1.54) is 0 Å². The summed E-state index contributed by atoms with van der Waals surface area (Å²) in [5, 5.41) is 5.03. The molecular weight excluding hydrogens is 510 g/mol. The van der Waals surface area contributed by atoms with Crippen molar-refractivity contribution in [3.63, 3.8) is 0 Å². The summed E-state index contributed by atoms with van der Waals surface area (Å²) in [4.78, 5) is 18.1. The maximum atomic E-state index is 6.24. The van der Waals surface area contributed by atoms with E-state index in [4.69, 9.17) is 35.5 Å². The Hall–Kier alpha value is -3.67. The van der Waals surface area contributed by atoms with E-state index >= 15 is 0 Å². The number of hydrogen-bond donors (Lipinski definition) is 1. The molecule has 200 valence electrons. The second kappa shape index (κ2) is 12.7. The molecule has 2 saturated heterocycles. The van der Waals surface area contributed by atoms with E-state index < -0.39 is 0 Å². The zero-order valence-electron chi connectivity index (χ0n) is 21.2. The van der Waals surface area contributed by atoms with Crippen molar-refractivity contribution in [2.45, 2.75) is 6.61 Å². The number of methoxy groups -OCH3 is 1. The predicted octanol–water partition coefficient (Wildman–Crippen LogP) is 3.23. The molecule has 1 N–H and O–H groups in total. The lowest BCUT2D eigenvalue weighted by Gasteiger charge is -2.30. The smallest absolute Gasteiger partial charge is 0.250 e. The number of ether oxygens (including phenoxy) is 4. The number of nitrogens with zero attached hydrogens (tertiary/aromatic N) is 6. The van der Waals surface area contributed by atoms with Crippen LogP contribution in [0.3, 0.4) is 0 Å². The van der Waals surface area contributed by atoms with Crippen molar-refractivity contribution >= 4 is 35.7 Å². The van der Waals surface area contributed by atoms with Crippen LogP contribution in [0.5, 0.6) is 11.5 Å². The van der Waals surface area contributed by atoms with Crippen LogP contribution in [-0.2, 0) is 16.1 Å². The van der Waals surface area contributed by atoms with Gasteiger partial charge in [-0.05, 0) is 29.8 Å². The molecule has 0 spiro atoms. The molecule has 1 aromatic heterocycles. The fraction of sp³-hybridized carbons (Fsp3) is 0.385. The molecule has 12 heteroatoms. The van der Waals surface area contributed by atoms with E-state index in [1.807, 2.05) is 42.5 Å². The molecule has 0 atom stereocenters. The van der Waals surface area contributed by atoms with Gasteiger partial charge in [-0.25, -0.2) is 5.43 Å². The zero-order valence-corrected chi connectivity index (χ0v) is 21.9. The first-order valence-electron chi connectivity index (χ1n) is 12.4. The number of nitrogens with one attached hydrogen (secondary N) is 1. The van der Waals surface area contributed by atoms with Gasteiger partial charge in [0.05, 0.1) is 39.8 Å². The second-order valence-electron chi connectivity index (χ2n) is 8.62. The summed E-state index contributed by atoms with van der Waals surface area (Å²) in [6, 6.07) is 13.2. The fourth-order valence-corrected chi connectivity index (χ4v) is 4.22. The monoisotopic (exact) mass is 539 g/mol. The summed E-state index contributed by atoms with van der Waals surface area (Å²) < 4.78 is 22.4. The maximum Gasteiger partial charge on any atom is 0.250 e. The van der Waals surface area contributed by atoms with Crippen LogP contribution in [0.15, 0.2) is 47.6 Å². The Balaban J connectivity index is 1.29. The largest absolute Gasteiger partial charge is 0.493 e. The first-order valence-corrected chi connectivity index (χ1v) is 12.8. The molecular formula is C26H30ClN7O4. The van der Waals surface area contributed by atoms with Crippen LogP contribution in [0, 0.1) is 0 Å². The molecule has 0 radical (unpaired) electrons. The number of morpholine rings is 2. The molecule has 5 rings (SSSR count). The van der Waals surface area contributed by atoms with E-state index in [2.05, 4.69) is 30.3 Å². The Bertz CT molecular complexity index is 1210. The van der Waals surface area contributed by atoms with Gasteiger partial charge >= 0.3 is 0 Å². The minimum absolute atomic E-state index is 0.335. The van der Waals surface area contributed by atoms with Gasteiger partial charge in [-0.3, -0.25) is 0 Å². The van der Waals surface area contributed by atoms with Crippen LogP contribution in [0.4, 0.5) is 17.8 Å². The number of hydrogen-bond acceptors (Lipinski definition) is 11. The molecule has 2 aromatic carbocycles. The van der Waals surface area contributed by atoms with Gasteiger partial charge in [0.15, 0.2) is 11.5 Å². The van der Waals surface area contributed by atoms with Gasteiger partial charge < -0.3 is 28.7 Å². The van der Waals surface area contributed by atoms with Crippen LogP contribution in [-0.4, -0.2) is 80.9 Å². The first kappa shape index (κ1) is 26.0. The lowest BCUT2D eigenvalue weighted by molar-refractivity contribution is 0.121. The average molecular weight is 540 g/mol. The predicted molar refractivity (Wildman–Crippen MR) is 146 cm³/mol. The van der Waals surface area contributed by atoms with E-state index in [-0.39, 0.29) is 0 Å². The van der Waals surface area contributed by atoms with E-state index in [9.17, 15) is 0 Å². The average Bonchev–Trinajstić information content (AvgIpc) is 2.98. The molecule has 38 heavy (non-hydrogen) atoms. The normalized spacial score (nSPS) is 16.1. The standard InChI is InChI=1S/C26H30ClN7O4/c1-35-23-16-19(6-7-22(23)38-18-20-4-2-3-5-21(20)27)17-28-32-24-29-25(33-8-12-36-13-9-33)31-26(30-24)34-10-14-37-15-11-34/h2-7,16-17H,8-15,18H2,1H3,(H,29,30,31,32)/b28-17-. The third-order valence-electron chi connectivity index (χ3n) is 6.11. The molecule has 11 nitrogen and oxygen atoms in total. The fourth-order valence-electron chi connectivity index (χ4n) is 4.03. The number of hydrazone groups is 1. The Labute approximate surface area is 226 Å². The van der Waals surface area contributed by atoms with Gasteiger partial charge in [-0.15, -0.1) is 0 Å². The van der Waals surface area contributed by atoms with Gasteiger partial charge in [0.2, 0.25) is 17.8 Å². The van der Waals surface area contributed by atoms with E-state index in [0.717, 1.165) is 37.3 Å². The van der Waals surface area contributed by atoms with Crippen molar-refractivity contribution in [1.82, 2.24) is 15.0 Å². The molecule has 2 fully saturated rings. The summed E-state index contributed by atoms with van der Waals surface area (Å²) in [7, 11) is 1.60. The Morgan fingerprint density at radius 3 is 2.21 bits per heavy atom. The Morgan fingerprint density at radius 2 is 1.58 bits per heavy atom. The lowest BCUT2D eigenvalue weighted by Crippen LogP contribution is -2.40. The van der Waals surface area contributed by atoms with Crippen molar-refractivity contribution in [3.05, 3.63) is 58.6 Å². The minimum atomic E-state index is 0.335. The van der Waals surface area contributed by atoms with Gasteiger partial charge in [-0.1, -0.05) is 29.8 Å². The van der Waals surface area contributed by atoms with Crippen molar-refractivity contribution in [2.75, 3.05) is 74.9 Å². The zero-order chi connectivity index (χ0) is 26.2. The Morgan fingerprint density at radius 1 is 0.921 bits per heavy atom. The summed E-state index contributed by atoms with van der Waals surface area (Å²) in [6.07, 6.45) is 1.67. The summed E-state index contributed by atoms with van der Waals surface area (Å²) >= 11 is 6.24. The molecule has 3 aromatic rings. The molecule has 0 unspecified atom stereocenters. The number of halogens is 1. The quantitative estimate of drug-likeness (QED) is 0.322. The van der Waals surface area contributed by atoms with Gasteiger partial charge in [0, 0.05) is 36.8 Å². The maximum absolute atomic E-state index is 6.24. The summed E-state index contributed by atoms with van der Waals surface area (Å²) in [6.45, 7) is 5.78. The molecule has 2 aliphatic heterocycles. The third-order valence-corrected chi connectivity index (χ3v) is 6.48. The highest BCUT2D eigenvalue weighted by atomic mass is 35.5. The second-order valence-corrected chi connectivity index (χ2v) is 9.03. The van der Waals surface area contributed by atoms with Crippen LogP contribution < -0.4 is 24.7 Å². The number of anilines is 3. The Kier molecular flexibility index (Phi) is 8.69. The number of rotatable bonds is 9. The molecule has 3 heterocycles. The topological polar surface area (TPSA) is 106 Å². The van der Waals surface area contributed by atoms with E-state index in [0.29, 0.717) is 67.4 Å². The summed E-state index contributed by atoms with van der Waals surface area (Å²) in [5.74, 6) is 2.77. The van der Waals surface area contributed by atoms with Gasteiger partial charge in [-0.2, -0.15) is 20.1 Å². The van der Waals surface area contributed by atoms with Crippen molar-refractivity contribution in [3.8, 4) is 11.5 Å². The van der Waals surface area contributed by atoms with E-state index in [1.54, 1.807) is 13.3 Å². The van der Waals surface area contributed by atoms with Crippen LogP contribution in [0.2, 0.25) is 5.02 Å². The first-order chi connectivity index (χ1) is 18.7. The molecule has 0 aliphatic carbocycles. The number of benzene rings is 2. The highest BCUT2D eigenvalue weighted by Gasteiger charge is 2.20. The molecule has 2 aliphatic rings. The molecule has 0 bridgehead atoms. The van der Waals surface area contributed by atoms with Crippen molar-refractivity contribution in [2.24, 2.45) is 5.10 Å².